The smallest absolute Gasteiger partial charge is 0.269 e. The van der Waals surface area contributed by atoms with Crippen LogP contribution in [-0.2, 0) is 10.0 Å². The van der Waals surface area contributed by atoms with Crippen LogP contribution >= 0.6 is 15.9 Å². The van der Waals surface area contributed by atoms with E-state index in [-0.39, 0.29) is 42.3 Å². The highest BCUT2D eigenvalue weighted by Crippen LogP contribution is 2.22. The first-order chi connectivity index (χ1) is 13.2. The third-order valence-electron chi connectivity index (χ3n) is 4.37. The number of benzene rings is 2. The second-order valence-corrected chi connectivity index (χ2v) is 8.93. The first kappa shape index (κ1) is 20.4. The molecule has 0 saturated carbocycles. The highest BCUT2D eigenvalue weighted by atomic mass is 79.9. The summed E-state index contributed by atoms with van der Waals surface area (Å²) in [6.45, 7) is 0.313. The lowest BCUT2D eigenvalue weighted by Gasteiger charge is -2.34. The molecule has 1 amide bonds. The lowest BCUT2D eigenvalue weighted by molar-refractivity contribution is -0.384. The summed E-state index contributed by atoms with van der Waals surface area (Å²) in [6.07, 6.45) is 0. The zero-order valence-corrected chi connectivity index (χ0v) is 16.8. The molecule has 3 rings (SSSR count). The van der Waals surface area contributed by atoms with Crippen LogP contribution in [0.2, 0.25) is 0 Å². The molecule has 8 nitrogen and oxygen atoms in total. The van der Waals surface area contributed by atoms with Gasteiger partial charge in [-0.25, -0.2) is 12.8 Å². The minimum absolute atomic E-state index is 0.0448. The number of hydrogen-bond acceptors (Lipinski definition) is 5. The fourth-order valence-electron chi connectivity index (χ4n) is 2.85. The van der Waals surface area contributed by atoms with Gasteiger partial charge in [-0.3, -0.25) is 14.9 Å². The third-order valence-corrected chi connectivity index (χ3v) is 6.78. The molecule has 11 heteroatoms. The van der Waals surface area contributed by atoms with E-state index >= 15 is 0 Å². The van der Waals surface area contributed by atoms with Gasteiger partial charge in [0.2, 0.25) is 10.0 Å². The predicted octanol–water partition coefficient (Wildman–Crippen LogP) is 2.64. The number of nitro benzene ring substituents is 1. The molecule has 2 aromatic carbocycles. The van der Waals surface area contributed by atoms with Gasteiger partial charge in [-0.2, -0.15) is 4.31 Å². The quantitative estimate of drug-likeness (QED) is 0.503. The number of hydrogen-bond donors (Lipinski definition) is 0. The first-order valence-electron chi connectivity index (χ1n) is 8.19. The summed E-state index contributed by atoms with van der Waals surface area (Å²) in [4.78, 5) is 23.9. The topological polar surface area (TPSA) is 101 Å². The molecule has 2 aromatic rings. The van der Waals surface area contributed by atoms with Crippen molar-refractivity contribution >= 4 is 37.5 Å². The van der Waals surface area contributed by atoms with Crippen molar-refractivity contribution in [1.82, 2.24) is 9.21 Å². The Balaban J connectivity index is 1.70. The van der Waals surface area contributed by atoms with Crippen molar-refractivity contribution in [3.8, 4) is 0 Å². The Hall–Kier alpha value is -2.37. The number of nitrogens with zero attached hydrogens (tertiary/aromatic N) is 3. The Bertz CT molecular complexity index is 1020. The Morgan fingerprint density at radius 2 is 1.68 bits per heavy atom. The van der Waals surface area contributed by atoms with Gasteiger partial charge in [0.05, 0.1) is 15.4 Å². The monoisotopic (exact) mass is 471 g/mol. The van der Waals surface area contributed by atoms with Crippen molar-refractivity contribution in [3.05, 3.63) is 68.4 Å². The molecule has 0 bridgehead atoms. The minimum Gasteiger partial charge on any atom is -0.336 e. The Kier molecular flexibility index (Phi) is 5.77. The normalized spacial score (nSPS) is 15.4. The van der Waals surface area contributed by atoms with Gasteiger partial charge in [-0.1, -0.05) is 15.9 Å². The molecule has 1 fully saturated rings. The second kappa shape index (κ2) is 7.94. The van der Waals surface area contributed by atoms with Gasteiger partial charge >= 0.3 is 0 Å². The SMILES string of the molecule is O=C(c1ccc(Br)cc1F)N1CCN(S(=O)(=O)c2ccc([N+](=O)[O-])cc2)CC1. The minimum atomic E-state index is -3.84. The summed E-state index contributed by atoms with van der Waals surface area (Å²) in [7, 11) is -3.84. The predicted molar refractivity (Wildman–Crippen MR) is 102 cm³/mol. The van der Waals surface area contributed by atoms with E-state index in [0.717, 1.165) is 12.1 Å². The van der Waals surface area contributed by atoms with Crippen LogP contribution in [0.4, 0.5) is 10.1 Å². The van der Waals surface area contributed by atoms with E-state index in [9.17, 15) is 27.7 Å². The second-order valence-electron chi connectivity index (χ2n) is 6.07. The van der Waals surface area contributed by atoms with Crippen molar-refractivity contribution in [1.29, 1.82) is 0 Å². The average Bonchev–Trinajstić information content (AvgIpc) is 2.67. The number of rotatable bonds is 4. The zero-order valence-electron chi connectivity index (χ0n) is 14.4. The molecule has 0 aliphatic carbocycles. The molecule has 0 atom stereocenters. The van der Waals surface area contributed by atoms with Crippen molar-refractivity contribution in [2.45, 2.75) is 4.90 Å². The van der Waals surface area contributed by atoms with E-state index in [2.05, 4.69) is 15.9 Å². The van der Waals surface area contributed by atoms with E-state index in [1.165, 1.54) is 33.5 Å². The largest absolute Gasteiger partial charge is 0.336 e. The molecule has 1 aliphatic rings. The van der Waals surface area contributed by atoms with Crippen LogP contribution < -0.4 is 0 Å². The fraction of sp³-hybridized carbons (Fsp3) is 0.235. The Morgan fingerprint density at radius 1 is 1.07 bits per heavy atom. The molecule has 0 radical (unpaired) electrons. The molecule has 1 heterocycles. The van der Waals surface area contributed by atoms with Gasteiger partial charge in [0, 0.05) is 42.8 Å². The maximum atomic E-state index is 14.0. The number of piperazine rings is 1. The maximum Gasteiger partial charge on any atom is 0.269 e. The van der Waals surface area contributed by atoms with E-state index < -0.39 is 26.7 Å². The van der Waals surface area contributed by atoms with Crippen LogP contribution in [0.3, 0.4) is 0 Å². The average molecular weight is 472 g/mol. The number of non-ortho nitro benzene ring substituents is 1. The molecule has 0 N–H and O–H groups in total. The van der Waals surface area contributed by atoms with Crippen LogP contribution in [-0.4, -0.2) is 54.6 Å². The van der Waals surface area contributed by atoms with Crippen molar-refractivity contribution in [2.24, 2.45) is 0 Å². The molecular formula is C17H15BrFN3O5S. The zero-order chi connectivity index (χ0) is 20.5. The third kappa shape index (κ3) is 4.05. The van der Waals surface area contributed by atoms with Crippen LogP contribution in [0, 0.1) is 15.9 Å². The van der Waals surface area contributed by atoms with Gasteiger partial charge in [0.1, 0.15) is 5.82 Å². The van der Waals surface area contributed by atoms with Gasteiger partial charge in [-0.05, 0) is 30.3 Å². The Morgan fingerprint density at radius 3 is 2.21 bits per heavy atom. The fourth-order valence-corrected chi connectivity index (χ4v) is 4.61. The molecule has 1 aliphatic heterocycles. The molecule has 0 unspecified atom stereocenters. The number of amides is 1. The van der Waals surface area contributed by atoms with Gasteiger partial charge < -0.3 is 4.90 Å². The molecular weight excluding hydrogens is 457 g/mol. The molecule has 0 aromatic heterocycles. The van der Waals surface area contributed by atoms with Gasteiger partial charge in [-0.15, -0.1) is 0 Å². The van der Waals surface area contributed by atoms with E-state index in [1.807, 2.05) is 0 Å². The number of halogens is 2. The molecule has 0 spiro atoms. The van der Waals surface area contributed by atoms with Gasteiger partial charge in [0.15, 0.2) is 0 Å². The maximum absolute atomic E-state index is 14.0. The first-order valence-corrected chi connectivity index (χ1v) is 10.4. The highest BCUT2D eigenvalue weighted by Gasteiger charge is 2.31. The molecule has 28 heavy (non-hydrogen) atoms. The van der Waals surface area contributed by atoms with Crippen molar-refractivity contribution < 1.29 is 22.5 Å². The molecule has 148 valence electrons. The lowest BCUT2D eigenvalue weighted by atomic mass is 10.1. The van der Waals surface area contributed by atoms with E-state index in [4.69, 9.17) is 0 Å². The lowest BCUT2D eigenvalue weighted by Crippen LogP contribution is -2.50. The summed E-state index contributed by atoms with van der Waals surface area (Å²) in [6, 6.07) is 8.76. The van der Waals surface area contributed by atoms with Crippen molar-refractivity contribution in [3.63, 3.8) is 0 Å². The summed E-state index contributed by atoms with van der Waals surface area (Å²) in [5.41, 5.74) is -0.277. The molecule has 1 saturated heterocycles. The Labute approximate surface area is 168 Å². The summed E-state index contributed by atoms with van der Waals surface area (Å²) >= 11 is 3.13. The van der Waals surface area contributed by atoms with Crippen LogP contribution in [0.5, 0.6) is 0 Å². The number of sulfonamides is 1. The van der Waals surface area contributed by atoms with Crippen LogP contribution in [0.1, 0.15) is 10.4 Å². The van der Waals surface area contributed by atoms with Crippen molar-refractivity contribution in [2.75, 3.05) is 26.2 Å². The summed E-state index contributed by atoms with van der Waals surface area (Å²) in [5, 5.41) is 10.7. The van der Waals surface area contributed by atoms with Gasteiger partial charge in [0.25, 0.3) is 11.6 Å². The summed E-state index contributed by atoms with van der Waals surface area (Å²) in [5.74, 6) is -1.15. The number of carbonyl (C=O) groups excluding carboxylic acids is 1. The van der Waals surface area contributed by atoms with Crippen LogP contribution in [0.15, 0.2) is 51.8 Å². The van der Waals surface area contributed by atoms with E-state index in [0.29, 0.717) is 4.47 Å². The highest BCUT2D eigenvalue weighted by molar-refractivity contribution is 9.10. The number of carbonyl (C=O) groups is 1. The number of nitro groups is 1. The standard InChI is InChI=1S/C17H15BrFN3O5S/c18-12-1-6-15(16(19)11-12)17(23)20-7-9-21(10-8-20)28(26,27)14-4-2-13(3-5-14)22(24)25/h1-6,11H,7-10H2. The van der Waals surface area contributed by atoms with Crippen LogP contribution in [0.25, 0.3) is 0 Å². The summed E-state index contributed by atoms with van der Waals surface area (Å²) < 4.78 is 41.1. The van der Waals surface area contributed by atoms with E-state index in [1.54, 1.807) is 6.07 Å².